The van der Waals surface area contributed by atoms with E-state index in [9.17, 15) is 8.42 Å². The Kier molecular flexibility index (Phi) is 4.20. The Bertz CT molecular complexity index is 568. The lowest BCUT2D eigenvalue weighted by molar-refractivity contribution is 0.475. The average Bonchev–Trinajstić information content (AvgIpc) is 3.18. The first-order valence-corrected chi connectivity index (χ1v) is 8.27. The first-order chi connectivity index (χ1) is 8.92. The van der Waals surface area contributed by atoms with Gasteiger partial charge in [-0.05, 0) is 42.4 Å². The molecule has 0 radical (unpaired) electrons. The smallest absolute Gasteiger partial charge is 0.242 e. The summed E-state index contributed by atoms with van der Waals surface area (Å²) in [6, 6.07) is 4.84. The van der Waals surface area contributed by atoms with Gasteiger partial charge in [0.1, 0.15) is 4.90 Å². The first-order valence-electron chi connectivity index (χ1n) is 6.41. The lowest BCUT2D eigenvalue weighted by Gasteiger charge is -2.15. The monoisotopic (exact) mass is 302 g/mol. The molecule has 2 rings (SSSR count). The maximum absolute atomic E-state index is 12.3. The second-order valence-corrected chi connectivity index (χ2v) is 7.29. The van der Waals surface area contributed by atoms with Crippen LogP contribution in [-0.4, -0.2) is 15.0 Å². The second kappa shape index (κ2) is 5.40. The van der Waals surface area contributed by atoms with Gasteiger partial charge < -0.3 is 5.73 Å². The third-order valence-electron chi connectivity index (χ3n) is 3.87. The number of nitrogens with two attached hydrogens (primary N) is 1. The molecule has 3 N–H and O–H groups in total. The number of nitrogens with one attached hydrogen (secondary N) is 1. The molecule has 6 heteroatoms. The zero-order chi connectivity index (χ0) is 14.1. The number of sulfonamides is 1. The minimum absolute atomic E-state index is 0.115. The fourth-order valence-electron chi connectivity index (χ4n) is 2.04. The van der Waals surface area contributed by atoms with Gasteiger partial charge in [-0.15, -0.1) is 0 Å². The molecule has 0 amide bonds. The van der Waals surface area contributed by atoms with Gasteiger partial charge in [0.25, 0.3) is 0 Å². The molecule has 1 aliphatic carbocycles. The molecule has 0 bridgehead atoms. The van der Waals surface area contributed by atoms with E-state index in [1.54, 1.807) is 12.1 Å². The summed E-state index contributed by atoms with van der Waals surface area (Å²) in [6.45, 7) is 2.86. The summed E-state index contributed by atoms with van der Waals surface area (Å²) >= 11 is 5.98. The number of halogens is 1. The van der Waals surface area contributed by atoms with Crippen molar-refractivity contribution in [2.75, 3.05) is 6.54 Å². The molecule has 1 aromatic rings. The summed E-state index contributed by atoms with van der Waals surface area (Å²) in [5.41, 5.74) is 6.44. The van der Waals surface area contributed by atoms with Gasteiger partial charge >= 0.3 is 0 Å². The minimum atomic E-state index is -3.56. The van der Waals surface area contributed by atoms with Crippen molar-refractivity contribution in [2.24, 2.45) is 11.1 Å². The summed E-state index contributed by atoms with van der Waals surface area (Å²) in [5, 5.41) is 0.228. The summed E-state index contributed by atoms with van der Waals surface area (Å²) < 4.78 is 27.2. The maximum atomic E-state index is 12.3. The van der Waals surface area contributed by atoms with E-state index >= 15 is 0 Å². The third-order valence-corrected chi connectivity index (χ3v) is 5.75. The Morgan fingerprint density at radius 3 is 2.63 bits per heavy atom. The Labute approximate surface area is 119 Å². The molecule has 1 aliphatic rings. The standard InChI is InChI=1S/C13H19ClN2O2S/c1-2-13(5-6-13)9-16-19(17,18)12-7-10(8-15)3-4-11(12)14/h3-4,7,16H,2,5-6,8-9,15H2,1H3. The number of hydrogen-bond acceptors (Lipinski definition) is 3. The average molecular weight is 303 g/mol. The van der Waals surface area contributed by atoms with Crippen molar-refractivity contribution < 1.29 is 8.42 Å². The second-order valence-electron chi connectivity index (χ2n) is 5.15. The molecular weight excluding hydrogens is 284 g/mol. The van der Waals surface area contributed by atoms with Gasteiger partial charge in [0.15, 0.2) is 0 Å². The molecular formula is C13H19ClN2O2S. The van der Waals surface area contributed by atoms with Gasteiger partial charge in [0.05, 0.1) is 5.02 Å². The van der Waals surface area contributed by atoms with Crippen LogP contribution in [0.2, 0.25) is 5.02 Å². The lowest BCUT2D eigenvalue weighted by Crippen LogP contribution is -2.30. The summed E-state index contributed by atoms with van der Waals surface area (Å²) in [4.78, 5) is 0.115. The summed E-state index contributed by atoms with van der Waals surface area (Å²) in [5.74, 6) is 0. The molecule has 0 unspecified atom stereocenters. The topological polar surface area (TPSA) is 72.2 Å². The van der Waals surface area contributed by atoms with Crippen LogP contribution in [0.3, 0.4) is 0 Å². The molecule has 0 spiro atoms. The zero-order valence-electron chi connectivity index (χ0n) is 10.9. The van der Waals surface area contributed by atoms with Crippen molar-refractivity contribution in [3.63, 3.8) is 0 Å². The molecule has 0 atom stereocenters. The lowest BCUT2D eigenvalue weighted by atomic mass is 10.1. The first kappa shape index (κ1) is 14.8. The largest absolute Gasteiger partial charge is 0.326 e. The van der Waals surface area contributed by atoms with Crippen LogP contribution in [0.25, 0.3) is 0 Å². The van der Waals surface area contributed by atoms with E-state index in [0.29, 0.717) is 13.1 Å². The van der Waals surface area contributed by atoms with Crippen molar-refractivity contribution in [2.45, 2.75) is 37.6 Å². The predicted octanol–water partition coefficient (Wildman–Crippen LogP) is 2.27. The molecule has 0 saturated heterocycles. The van der Waals surface area contributed by atoms with E-state index in [1.807, 2.05) is 0 Å². The van der Waals surface area contributed by atoms with E-state index in [2.05, 4.69) is 11.6 Å². The highest BCUT2D eigenvalue weighted by Crippen LogP contribution is 2.48. The highest BCUT2D eigenvalue weighted by molar-refractivity contribution is 7.89. The van der Waals surface area contributed by atoms with Crippen molar-refractivity contribution in [1.82, 2.24) is 4.72 Å². The highest BCUT2D eigenvalue weighted by atomic mass is 35.5. The van der Waals surface area contributed by atoms with Crippen LogP contribution < -0.4 is 10.5 Å². The Morgan fingerprint density at radius 1 is 1.42 bits per heavy atom. The number of rotatable bonds is 6. The van der Waals surface area contributed by atoms with E-state index in [-0.39, 0.29) is 15.3 Å². The molecule has 4 nitrogen and oxygen atoms in total. The van der Waals surface area contributed by atoms with Crippen LogP contribution in [0.15, 0.2) is 23.1 Å². The highest BCUT2D eigenvalue weighted by Gasteiger charge is 2.41. The van der Waals surface area contributed by atoms with Gasteiger partial charge in [-0.1, -0.05) is 24.6 Å². The molecule has 0 aromatic heterocycles. The number of hydrogen-bond donors (Lipinski definition) is 2. The quantitative estimate of drug-likeness (QED) is 0.846. The van der Waals surface area contributed by atoms with Crippen molar-refractivity contribution >= 4 is 21.6 Å². The normalized spacial score (nSPS) is 17.4. The molecule has 1 aromatic carbocycles. The van der Waals surface area contributed by atoms with E-state index < -0.39 is 10.0 Å². The maximum Gasteiger partial charge on any atom is 0.242 e. The predicted molar refractivity (Wildman–Crippen MR) is 76.5 cm³/mol. The van der Waals surface area contributed by atoms with Crippen molar-refractivity contribution in [1.29, 1.82) is 0 Å². The Balaban J connectivity index is 2.19. The third kappa shape index (κ3) is 3.28. The van der Waals surface area contributed by atoms with Crippen LogP contribution in [-0.2, 0) is 16.6 Å². The molecule has 1 saturated carbocycles. The fraction of sp³-hybridized carbons (Fsp3) is 0.538. The van der Waals surface area contributed by atoms with Gasteiger partial charge in [-0.2, -0.15) is 0 Å². The van der Waals surface area contributed by atoms with E-state index in [4.69, 9.17) is 17.3 Å². The minimum Gasteiger partial charge on any atom is -0.326 e. The van der Waals surface area contributed by atoms with E-state index in [1.165, 1.54) is 6.07 Å². The van der Waals surface area contributed by atoms with Gasteiger partial charge in [-0.25, -0.2) is 13.1 Å². The van der Waals surface area contributed by atoms with Crippen LogP contribution in [0.4, 0.5) is 0 Å². The number of benzene rings is 1. The van der Waals surface area contributed by atoms with Crippen LogP contribution in [0.5, 0.6) is 0 Å². The Hall–Kier alpha value is -0.620. The van der Waals surface area contributed by atoms with Crippen molar-refractivity contribution in [3.05, 3.63) is 28.8 Å². The Morgan fingerprint density at radius 2 is 2.11 bits per heavy atom. The van der Waals surface area contributed by atoms with Crippen LogP contribution >= 0.6 is 11.6 Å². The van der Waals surface area contributed by atoms with Crippen LogP contribution in [0, 0.1) is 5.41 Å². The molecule has 19 heavy (non-hydrogen) atoms. The molecule has 0 aliphatic heterocycles. The fourth-order valence-corrected chi connectivity index (χ4v) is 3.74. The van der Waals surface area contributed by atoms with Crippen molar-refractivity contribution in [3.8, 4) is 0 Å². The summed E-state index contributed by atoms with van der Waals surface area (Å²) in [7, 11) is -3.56. The van der Waals surface area contributed by atoms with Crippen LogP contribution in [0.1, 0.15) is 31.7 Å². The van der Waals surface area contributed by atoms with Gasteiger partial charge in [0.2, 0.25) is 10.0 Å². The van der Waals surface area contributed by atoms with E-state index in [0.717, 1.165) is 24.8 Å². The SMILES string of the molecule is CCC1(CNS(=O)(=O)c2cc(CN)ccc2Cl)CC1. The molecule has 1 fully saturated rings. The van der Waals surface area contributed by atoms with Gasteiger partial charge in [0, 0.05) is 13.1 Å². The van der Waals surface area contributed by atoms with Gasteiger partial charge in [-0.3, -0.25) is 0 Å². The summed E-state index contributed by atoms with van der Waals surface area (Å²) in [6.07, 6.45) is 3.16. The zero-order valence-corrected chi connectivity index (χ0v) is 12.5. The molecule has 0 heterocycles. The molecule has 106 valence electrons.